The SMILES string of the molecule is CCCCOCCCNC(=O)CC(C)CC(=O)Nc1ccc(C(C)C)cc1. The first kappa shape index (κ1) is 23.2. The van der Waals surface area contributed by atoms with E-state index in [0.717, 1.165) is 31.6 Å². The van der Waals surface area contributed by atoms with E-state index in [1.54, 1.807) is 0 Å². The van der Waals surface area contributed by atoms with Crippen LogP contribution in [0.25, 0.3) is 0 Å². The molecule has 0 saturated carbocycles. The molecule has 0 spiro atoms. The van der Waals surface area contributed by atoms with Crippen LogP contribution in [0, 0.1) is 5.92 Å². The van der Waals surface area contributed by atoms with E-state index in [9.17, 15) is 9.59 Å². The first-order valence-electron chi connectivity index (χ1n) is 10.2. The summed E-state index contributed by atoms with van der Waals surface area (Å²) in [5.74, 6) is 0.402. The first-order chi connectivity index (χ1) is 12.9. The molecule has 1 aromatic carbocycles. The Morgan fingerprint density at radius 3 is 2.22 bits per heavy atom. The highest BCUT2D eigenvalue weighted by molar-refractivity contribution is 5.91. The van der Waals surface area contributed by atoms with E-state index in [1.807, 2.05) is 31.2 Å². The number of rotatable bonds is 13. The van der Waals surface area contributed by atoms with Gasteiger partial charge in [0.25, 0.3) is 0 Å². The van der Waals surface area contributed by atoms with Crippen molar-refractivity contribution in [2.75, 3.05) is 25.1 Å². The van der Waals surface area contributed by atoms with E-state index in [4.69, 9.17) is 4.74 Å². The third-order valence-corrected chi connectivity index (χ3v) is 4.36. The summed E-state index contributed by atoms with van der Waals surface area (Å²) in [5.41, 5.74) is 2.04. The molecule has 0 aliphatic heterocycles. The van der Waals surface area contributed by atoms with Crippen molar-refractivity contribution in [3.8, 4) is 0 Å². The molecule has 0 aromatic heterocycles. The van der Waals surface area contributed by atoms with Gasteiger partial charge in [0, 0.05) is 38.3 Å². The molecule has 152 valence electrons. The van der Waals surface area contributed by atoms with Gasteiger partial charge < -0.3 is 15.4 Å². The van der Waals surface area contributed by atoms with Crippen LogP contribution in [0.15, 0.2) is 24.3 Å². The van der Waals surface area contributed by atoms with Gasteiger partial charge in [-0.15, -0.1) is 0 Å². The van der Waals surface area contributed by atoms with Gasteiger partial charge in [0.05, 0.1) is 0 Å². The molecule has 0 bridgehead atoms. The maximum atomic E-state index is 12.1. The highest BCUT2D eigenvalue weighted by atomic mass is 16.5. The molecule has 5 nitrogen and oxygen atoms in total. The van der Waals surface area contributed by atoms with Crippen LogP contribution >= 0.6 is 0 Å². The van der Waals surface area contributed by atoms with Gasteiger partial charge in [0.2, 0.25) is 11.8 Å². The zero-order valence-electron chi connectivity index (χ0n) is 17.3. The number of ether oxygens (including phenoxy) is 1. The summed E-state index contributed by atoms with van der Waals surface area (Å²) in [6.45, 7) is 10.4. The van der Waals surface area contributed by atoms with E-state index in [2.05, 4.69) is 31.4 Å². The summed E-state index contributed by atoms with van der Waals surface area (Å²) in [6, 6.07) is 7.91. The predicted octanol–water partition coefficient (Wildman–Crippen LogP) is 4.49. The summed E-state index contributed by atoms with van der Waals surface area (Å²) in [4.78, 5) is 24.1. The lowest BCUT2D eigenvalue weighted by atomic mass is 10.0. The zero-order chi connectivity index (χ0) is 20.1. The molecule has 1 atom stereocenters. The normalized spacial score (nSPS) is 12.0. The number of carbonyl (C=O) groups excluding carboxylic acids is 2. The molecule has 27 heavy (non-hydrogen) atoms. The second-order valence-corrected chi connectivity index (χ2v) is 7.51. The maximum absolute atomic E-state index is 12.1. The van der Waals surface area contributed by atoms with Crippen molar-refractivity contribution in [2.45, 2.75) is 65.7 Å². The van der Waals surface area contributed by atoms with Crippen molar-refractivity contribution < 1.29 is 14.3 Å². The first-order valence-corrected chi connectivity index (χ1v) is 10.2. The van der Waals surface area contributed by atoms with Gasteiger partial charge in [0.1, 0.15) is 0 Å². The van der Waals surface area contributed by atoms with Crippen molar-refractivity contribution in [2.24, 2.45) is 5.92 Å². The fourth-order valence-corrected chi connectivity index (χ4v) is 2.69. The highest BCUT2D eigenvalue weighted by Gasteiger charge is 2.13. The Balaban J connectivity index is 2.19. The van der Waals surface area contributed by atoms with Crippen molar-refractivity contribution in [1.82, 2.24) is 5.32 Å². The number of nitrogens with one attached hydrogen (secondary N) is 2. The second kappa shape index (κ2) is 13.3. The molecule has 2 N–H and O–H groups in total. The number of hydrogen-bond donors (Lipinski definition) is 2. The Labute approximate surface area is 164 Å². The molecule has 0 radical (unpaired) electrons. The lowest BCUT2D eigenvalue weighted by molar-refractivity contribution is -0.122. The van der Waals surface area contributed by atoms with E-state index in [-0.39, 0.29) is 17.7 Å². The molecule has 0 saturated heterocycles. The summed E-state index contributed by atoms with van der Waals surface area (Å²) >= 11 is 0. The van der Waals surface area contributed by atoms with Crippen LogP contribution in [-0.4, -0.2) is 31.6 Å². The molecule has 1 unspecified atom stereocenters. The minimum atomic E-state index is -0.0584. The number of amides is 2. The smallest absolute Gasteiger partial charge is 0.224 e. The Kier molecular flexibility index (Phi) is 11.4. The van der Waals surface area contributed by atoms with Gasteiger partial charge in [-0.2, -0.15) is 0 Å². The van der Waals surface area contributed by atoms with E-state index >= 15 is 0 Å². The van der Waals surface area contributed by atoms with Crippen LogP contribution in [0.3, 0.4) is 0 Å². The third-order valence-electron chi connectivity index (χ3n) is 4.36. The van der Waals surface area contributed by atoms with E-state index in [1.165, 1.54) is 5.56 Å². The molecule has 0 heterocycles. The number of unbranched alkanes of at least 4 members (excludes halogenated alkanes) is 1. The van der Waals surface area contributed by atoms with Gasteiger partial charge in [-0.05, 0) is 42.4 Å². The number of benzene rings is 1. The van der Waals surface area contributed by atoms with Crippen LogP contribution in [0.5, 0.6) is 0 Å². The molecule has 1 rings (SSSR count). The fourth-order valence-electron chi connectivity index (χ4n) is 2.69. The zero-order valence-corrected chi connectivity index (χ0v) is 17.3. The molecule has 0 fully saturated rings. The molecule has 0 aliphatic carbocycles. The van der Waals surface area contributed by atoms with Crippen LogP contribution in [0.2, 0.25) is 0 Å². The quantitative estimate of drug-likeness (QED) is 0.499. The van der Waals surface area contributed by atoms with Gasteiger partial charge in [-0.25, -0.2) is 0 Å². The van der Waals surface area contributed by atoms with Crippen LogP contribution in [0.1, 0.15) is 71.3 Å². The van der Waals surface area contributed by atoms with Gasteiger partial charge in [-0.1, -0.05) is 46.2 Å². The summed E-state index contributed by atoms with van der Waals surface area (Å²) in [7, 11) is 0. The number of anilines is 1. The van der Waals surface area contributed by atoms with Crippen molar-refractivity contribution in [3.63, 3.8) is 0 Å². The monoisotopic (exact) mass is 376 g/mol. The number of carbonyl (C=O) groups is 2. The lowest BCUT2D eigenvalue weighted by Crippen LogP contribution is -2.27. The minimum Gasteiger partial charge on any atom is -0.381 e. The van der Waals surface area contributed by atoms with E-state index in [0.29, 0.717) is 31.9 Å². The Bertz CT molecular complexity index is 555. The van der Waals surface area contributed by atoms with Crippen molar-refractivity contribution in [1.29, 1.82) is 0 Å². The Hall–Kier alpha value is -1.88. The van der Waals surface area contributed by atoms with Gasteiger partial charge in [0.15, 0.2) is 0 Å². The molecule has 2 amide bonds. The fraction of sp³-hybridized carbons (Fsp3) is 0.636. The van der Waals surface area contributed by atoms with Gasteiger partial charge >= 0.3 is 0 Å². The average Bonchev–Trinajstić information content (AvgIpc) is 2.61. The maximum Gasteiger partial charge on any atom is 0.224 e. The van der Waals surface area contributed by atoms with Gasteiger partial charge in [-0.3, -0.25) is 9.59 Å². The Morgan fingerprint density at radius 1 is 0.963 bits per heavy atom. The summed E-state index contributed by atoms with van der Waals surface area (Å²) in [6.07, 6.45) is 3.71. The van der Waals surface area contributed by atoms with E-state index < -0.39 is 0 Å². The number of hydrogen-bond acceptors (Lipinski definition) is 3. The third kappa shape index (κ3) is 10.8. The molecule has 5 heteroatoms. The highest BCUT2D eigenvalue weighted by Crippen LogP contribution is 2.18. The van der Waals surface area contributed by atoms with Crippen LogP contribution in [-0.2, 0) is 14.3 Å². The second-order valence-electron chi connectivity index (χ2n) is 7.51. The Morgan fingerprint density at radius 2 is 1.59 bits per heavy atom. The summed E-state index contributed by atoms with van der Waals surface area (Å²) < 4.78 is 5.46. The van der Waals surface area contributed by atoms with Crippen LogP contribution in [0.4, 0.5) is 5.69 Å². The minimum absolute atomic E-state index is 0.000687. The lowest BCUT2D eigenvalue weighted by Gasteiger charge is -2.13. The molecule has 1 aromatic rings. The van der Waals surface area contributed by atoms with Crippen molar-refractivity contribution >= 4 is 17.5 Å². The largest absolute Gasteiger partial charge is 0.381 e. The van der Waals surface area contributed by atoms with Crippen LogP contribution < -0.4 is 10.6 Å². The molecule has 0 aliphatic rings. The van der Waals surface area contributed by atoms with Crippen molar-refractivity contribution in [3.05, 3.63) is 29.8 Å². The molecular weight excluding hydrogens is 340 g/mol. The standard InChI is InChI=1S/C22H36N2O3/c1-5-6-13-27-14-7-12-23-21(25)15-18(4)16-22(26)24-20-10-8-19(9-11-20)17(2)3/h8-11,17-18H,5-7,12-16H2,1-4H3,(H,23,25)(H,24,26). The average molecular weight is 377 g/mol. The molecular formula is C22H36N2O3. The summed E-state index contributed by atoms with van der Waals surface area (Å²) in [5, 5.41) is 5.80. The predicted molar refractivity (Wildman–Crippen MR) is 111 cm³/mol. The topological polar surface area (TPSA) is 67.4 Å².